The van der Waals surface area contributed by atoms with Gasteiger partial charge >= 0.3 is 0 Å². The number of para-hydroxylation sites is 1. The SMILES string of the molecule is CN(C(=O)c1cn[nH]c1[C@H]1CCCN(C(=O)C[C@H]2CCCCO2)C1)c1ccccc1. The van der Waals surface area contributed by atoms with Gasteiger partial charge in [-0.25, -0.2) is 0 Å². The summed E-state index contributed by atoms with van der Waals surface area (Å²) in [5.74, 6) is 0.144. The number of benzene rings is 1. The highest BCUT2D eigenvalue weighted by molar-refractivity contribution is 6.06. The first-order chi connectivity index (χ1) is 14.6. The molecule has 0 unspecified atom stereocenters. The number of nitrogens with one attached hydrogen (secondary N) is 1. The van der Waals surface area contributed by atoms with Crippen molar-refractivity contribution in [2.45, 2.75) is 50.5 Å². The molecule has 0 spiro atoms. The van der Waals surface area contributed by atoms with E-state index < -0.39 is 0 Å². The second kappa shape index (κ2) is 9.43. The fourth-order valence-corrected chi connectivity index (χ4v) is 4.46. The van der Waals surface area contributed by atoms with Gasteiger partial charge in [0, 0.05) is 38.3 Å². The van der Waals surface area contributed by atoms with E-state index in [9.17, 15) is 9.59 Å². The Hall–Kier alpha value is -2.67. The molecule has 0 bridgehead atoms. The molecule has 2 aromatic rings. The van der Waals surface area contributed by atoms with Crippen LogP contribution < -0.4 is 4.90 Å². The highest BCUT2D eigenvalue weighted by atomic mass is 16.5. The van der Waals surface area contributed by atoms with Crippen LogP contribution in [0.25, 0.3) is 0 Å². The molecule has 3 heterocycles. The Bertz CT molecular complexity index is 860. The average Bonchev–Trinajstić information content (AvgIpc) is 3.29. The Kier molecular flexibility index (Phi) is 6.47. The van der Waals surface area contributed by atoms with Crippen molar-refractivity contribution in [3.05, 3.63) is 47.8 Å². The number of rotatable bonds is 5. The molecule has 0 radical (unpaired) electrons. The Morgan fingerprint density at radius 1 is 1.20 bits per heavy atom. The van der Waals surface area contributed by atoms with E-state index in [0.29, 0.717) is 18.5 Å². The summed E-state index contributed by atoms with van der Waals surface area (Å²) in [6, 6.07) is 9.57. The number of hydrogen-bond donors (Lipinski definition) is 1. The van der Waals surface area contributed by atoms with Gasteiger partial charge in [0.15, 0.2) is 0 Å². The molecule has 1 aromatic heterocycles. The monoisotopic (exact) mass is 410 g/mol. The second-order valence-corrected chi connectivity index (χ2v) is 8.27. The summed E-state index contributed by atoms with van der Waals surface area (Å²) < 4.78 is 5.74. The molecule has 160 valence electrons. The highest BCUT2D eigenvalue weighted by Crippen LogP contribution is 2.30. The van der Waals surface area contributed by atoms with Crippen molar-refractivity contribution in [1.82, 2.24) is 15.1 Å². The summed E-state index contributed by atoms with van der Waals surface area (Å²) in [4.78, 5) is 29.5. The molecule has 0 aliphatic carbocycles. The van der Waals surface area contributed by atoms with Crippen LogP contribution in [0.3, 0.4) is 0 Å². The van der Waals surface area contributed by atoms with E-state index >= 15 is 0 Å². The first-order valence-corrected chi connectivity index (χ1v) is 10.9. The van der Waals surface area contributed by atoms with E-state index in [0.717, 1.165) is 56.6 Å². The maximum atomic E-state index is 13.1. The summed E-state index contributed by atoms with van der Waals surface area (Å²) >= 11 is 0. The molecule has 30 heavy (non-hydrogen) atoms. The molecule has 1 aromatic carbocycles. The molecule has 7 nitrogen and oxygen atoms in total. The Balaban J connectivity index is 1.43. The van der Waals surface area contributed by atoms with Gasteiger partial charge in [-0.1, -0.05) is 18.2 Å². The van der Waals surface area contributed by atoms with Crippen LogP contribution in [0.4, 0.5) is 5.69 Å². The van der Waals surface area contributed by atoms with E-state index in [4.69, 9.17) is 4.74 Å². The number of hydrogen-bond acceptors (Lipinski definition) is 4. The molecule has 2 amide bonds. The Labute approximate surface area is 177 Å². The van der Waals surface area contributed by atoms with Crippen LogP contribution in [0.1, 0.15) is 60.5 Å². The number of piperidine rings is 1. The molecule has 1 N–H and O–H groups in total. The van der Waals surface area contributed by atoms with Gasteiger partial charge in [0.2, 0.25) is 5.91 Å². The lowest BCUT2D eigenvalue weighted by Gasteiger charge is -2.34. The third-order valence-corrected chi connectivity index (χ3v) is 6.21. The smallest absolute Gasteiger partial charge is 0.261 e. The summed E-state index contributed by atoms with van der Waals surface area (Å²) in [6.07, 6.45) is 7.15. The van der Waals surface area contributed by atoms with Gasteiger partial charge < -0.3 is 14.5 Å². The van der Waals surface area contributed by atoms with Crippen molar-refractivity contribution in [2.75, 3.05) is 31.6 Å². The van der Waals surface area contributed by atoms with Crippen LogP contribution >= 0.6 is 0 Å². The molecule has 4 rings (SSSR count). The lowest BCUT2D eigenvalue weighted by atomic mass is 9.91. The van der Waals surface area contributed by atoms with Crippen molar-refractivity contribution >= 4 is 17.5 Å². The van der Waals surface area contributed by atoms with Crippen LogP contribution in [0.5, 0.6) is 0 Å². The molecule has 2 atom stereocenters. The number of aromatic nitrogens is 2. The van der Waals surface area contributed by atoms with Crippen molar-refractivity contribution < 1.29 is 14.3 Å². The van der Waals surface area contributed by atoms with E-state index in [2.05, 4.69) is 10.2 Å². The number of H-pyrrole nitrogens is 1. The number of carbonyl (C=O) groups is 2. The molecule has 2 fully saturated rings. The van der Waals surface area contributed by atoms with Gasteiger partial charge in [0.25, 0.3) is 5.91 Å². The average molecular weight is 411 g/mol. The van der Waals surface area contributed by atoms with Gasteiger partial charge in [0.1, 0.15) is 0 Å². The molecule has 2 aliphatic rings. The van der Waals surface area contributed by atoms with Gasteiger partial charge in [0.05, 0.1) is 30.0 Å². The Morgan fingerprint density at radius 3 is 2.80 bits per heavy atom. The summed E-state index contributed by atoms with van der Waals surface area (Å²) in [7, 11) is 1.77. The van der Waals surface area contributed by atoms with Gasteiger partial charge in [-0.3, -0.25) is 14.7 Å². The van der Waals surface area contributed by atoms with Crippen LogP contribution in [-0.2, 0) is 9.53 Å². The zero-order valence-corrected chi connectivity index (χ0v) is 17.5. The van der Waals surface area contributed by atoms with Crippen molar-refractivity contribution in [3.63, 3.8) is 0 Å². The highest BCUT2D eigenvalue weighted by Gasteiger charge is 2.31. The second-order valence-electron chi connectivity index (χ2n) is 8.27. The number of nitrogens with zero attached hydrogens (tertiary/aromatic N) is 3. The van der Waals surface area contributed by atoms with Gasteiger partial charge in [-0.05, 0) is 44.2 Å². The quantitative estimate of drug-likeness (QED) is 0.820. The molecule has 0 saturated carbocycles. The first-order valence-electron chi connectivity index (χ1n) is 10.9. The third-order valence-electron chi connectivity index (χ3n) is 6.21. The van der Waals surface area contributed by atoms with E-state index in [-0.39, 0.29) is 23.8 Å². The lowest BCUT2D eigenvalue weighted by Crippen LogP contribution is -2.41. The molecule has 7 heteroatoms. The predicted molar refractivity (Wildman–Crippen MR) is 115 cm³/mol. The minimum absolute atomic E-state index is 0.0513. The van der Waals surface area contributed by atoms with Crippen LogP contribution in [0.15, 0.2) is 36.5 Å². The maximum absolute atomic E-state index is 13.1. The number of ether oxygens (including phenoxy) is 1. The molecular weight excluding hydrogens is 380 g/mol. The largest absolute Gasteiger partial charge is 0.378 e. The normalized spacial score (nSPS) is 22.0. The van der Waals surface area contributed by atoms with Crippen LogP contribution in [0, 0.1) is 0 Å². The molecule has 2 saturated heterocycles. The van der Waals surface area contributed by atoms with E-state index in [1.54, 1.807) is 18.1 Å². The minimum Gasteiger partial charge on any atom is -0.378 e. The van der Waals surface area contributed by atoms with E-state index in [1.807, 2.05) is 35.2 Å². The number of amides is 2. The Morgan fingerprint density at radius 2 is 2.03 bits per heavy atom. The van der Waals surface area contributed by atoms with Crippen LogP contribution in [-0.4, -0.2) is 59.8 Å². The molecule has 2 aliphatic heterocycles. The van der Waals surface area contributed by atoms with Crippen molar-refractivity contribution in [3.8, 4) is 0 Å². The standard InChI is InChI=1S/C23H30N4O3/c1-26(18-9-3-2-4-10-18)23(29)20-15-24-25-22(20)17-8-7-12-27(16-17)21(28)14-19-11-5-6-13-30-19/h2-4,9-10,15,17,19H,5-8,11-14,16H2,1H3,(H,24,25)/t17-,19+/m0/s1. The summed E-state index contributed by atoms with van der Waals surface area (Å²) in [5, 5.41) is 7.21. The minimum atomic E-state index is -0.0935. The predicted octanol–water partition coefficient (Wildman–Crippen LogP) is 3.35. The zero-order chi connectivity index (χ0) is 20.9. The summed E-state index contributed by atoms with van der Waals surface area (Å²) in [5.41, 5.74) is 2.24. The fourth-order valence-electron chi connectivity index (χ4n) is 4.46. The topological polar surface area (TPSA) is 78.5 Å². The number of likely N-dealkylation sites (tertiary alicyclic amines) is 1. The van der Waals surface area contributed by atoms with Gasteiger partial charge in [-0.15, -0.1) is 0 Å². The first kappa shape index (κ1) is 20.6. The fraction of sp³-hybridized carbons (Fsp3) is 0.522. The maximum Gasteiger partial charge on any atom is 0.261 e. The van der Waals surface area contributed by atoms with Crippen LogP contribution in [0.2, 0.25) is 0 Å². The number of anilines is 1. The molecular formula is C23H30N4O3. The number of carbonyl (C=O) groups excluding carboxylic acids is 2. The van der Waals surface area contributed by atoms with Crippen molar-refractivity contribution in [2.24, 2.45) is 0 Å². The third kappa shape index (κ3) is 4.56. The lowest BCUT2D eigenvalue weighted by molar-refractivity contribution is -0.136. The van der Waals surface area contributed by atoms with Gasteiger partial charge in [-0.2, -0.15) is 5.10 Å². The van der Waals surface area contributed by atoms with Crippen molar-refractivity contribution in [1.29, 1.82) is 0 Å². The van der Waals surface area contributed by atoms with E-state index in [1.165, 1.54) is 0 Å². The zero-order valence-electron chi connectivity index (χ0n) is 17.5. The number of aromatic amines is 1. The summed E-state index contributed by atoms with van der Waals surface area (Å²) in [6.45, 7) is 2.14.